The van der Waals surface area contributed by atoms with E-state index in [-0.39, 0.29) is 0 Å². The summed E-state index contributed by atoms with van der Waals surface area (Å²) < 4.78 is 0. The van der Waals surface area contributed by atoms with Gasteiger partial charge in [0.05, 0.1) is 5.69 Å². The van der Waals surface area contributed by atoms with Crippen molar-refractivity contribution in [1.82, 2.24) is 15.7 Å². The number of hydroxylamine groups is 1. The lowest BCUT2D eigenvalue weighted by atomic mass is 10.1. The molecule has 0 radical (unpaired) electrons. The number of carbonyl (C=O) groups is 1. The number of nitrogens with zero attached hydrogens (tertiary/aromatic N) is 2. The average Bonchev–Trinajstić information content (AvgIpc) is 2.39. The Bertz CT molecular complexity index is 482. The summed E-state index contributed by atoms with van der Waals surface area (Å²) in [6.07, 6.45) is 1.59. The molecule has 5 nitrogen and oxygen atoms in total. The number of nitrogens with one attached hydrogen (secondary N) is 1. The molecule has 0 spiro atoms. The zero-order valence-electron chi connectivity index (χ0n) is 8.29. The third-order valence-electron chi connectivity index (χ3n) is 2.12. The maximum absolute atomic E-state index is 11.1. The lowest BCUT2D eigenvalue weighted by Crippen LogP contribution is -2.18. The Labute approximate surface area is 91.7 Å². The average molecular weight is 215 g/mol. The van der Waals surface area contributed by atoms with E-state index in [0.717, 1.165) is 11.3 Å². The largest absolute Gasteiger partial charge is 0.288 e. The van der Waals surface area contributed by atoms with E-state index in [1.54, 1.807) is 42.0 Å². The van der Waals surface area contributed by atoms with E-state index in [1.807, 2.05) is 6.07 Å². The summed E-state index contributed by atoms with van der Waals surface area (Å²) in [6.45, 7) is 0. The summed E-state index contributed by atoms with van der Waals surface area (Å²) in [5, 5.41) is 16.2. The molecule has 1 aromatic heterocycles. The van der Waals surface area contributed by atoms with Gasteiger partial charge in [-0.05, 0) is 24.3 Å². The molecule has 0 aliphatic carbocycles. The molecule has 2 rings (SSSR count). The van der Waals surface area contributed by atoms with Gasteiger partial charge in [-0.25, -0.2) is 5.48 Å². The van der Waals surface area contributed by atoms with Gasteiger partial charge >= 0.3 is 0 Å². The van der Waals surface area contributed by atoms with Gasteiger partial charge in [0.1, 0.15) is 0 Å². The van der Waals surface area contributed by atoms with Crippen LogP contribution >= 0.6 is 0 Å². The minimum Gasteiger partial charge on any atom is -0.288 e. The van der Waals surface area contributed by atoms with E-state index >= 15 is 0 Å². The molecule has 0 aliphatic heterocycles. The zero-order chi connectivity index (χ0) is 11.4. The minimum absolute atomic E-state index is 0.384. The standard InChI is InChI=1S/C11H9N3O2/c15-11(14-16)9-5-3-8(4-6-9)10-2-1-7-12-13-10/h1-7,16H,(H,14,15). The number of hydrogen-bond acceptors (Lipinski definition) is 4. The monoisotopic (exact) mass is 215 g/mol. The highest BCUT2D eigenvalue weighted by Gasteiger charge is 2.04. The van der Waals surface area contributed by atoms with Gasteiger partial charge in [-0.1, -0.05) is 12.1 Å². The molecule has 1 amide bonds. The fourth-order valence-corrected chi connectivity index (χ4v) is 1.31. The molecular weight excluding hydrogens is 206 g/mol. The minimum atomic E-state index is -0.536. The maximum atomic E-state index is 11.1. The topological polar surface area (TPSA) is 75.1 Å². The molecule has 2 N–H and O–H groups in total. The Balaban J connectivity index is 2.30. The lowest BCUT2D eigenvalue weighted by Gasteiger charge is -2.01. The van der Waals surface area contributed by atoms with Crippen LogP contribution in [0.1, 0.15) is 10.4 Å². The molecule has 0 bridgehead atoms. The van der Waals surface area contributed by atoms with E-state index < -0.39 is 5.91 Å². The summed E-state index contributed by atoms with van der Waals surface area (Å²) >= 11 is 0. The Kier molecular flexibility index (Phi) is 2.88. The van der Waals surface area contributed by atoms with Crippen molar-refractivity contribution >= 4 is 5.91 Å². The van der Waals surface area contributed by atoms with Crippen LogP contribution in [0.4, 0.5) is 0 Å². The third-order valence-corrected chi connectivity index (χ3v) is 2.12. The van der Waals surface area contributed by atoms with E-state index in [0.29, 0.717) is 5.56 Å². The normalized spacial score (nSPS) is 9.81. The molecule has 0 aliphatic rings. The summed E-state index contributed by atoms with van der Waals surface area (Å²) in [7, 11) is 0. The lowest BCUT2D eigenvalue weighted by molar-refractivity contribution is 0.0706. The predicted molar refractivity (Wildman–Crippen MR) is 56.7 cm³/mol. The van der Waals surface area contributed by atoms with Crippen LogP contribution in [-0.4, -0.2) is 21.3 Å². The van der Waals surface area contributed by atoms with Crippen molar-refractivity contribution in [3.8, 4) is 11.3 Å². The fraction of sp³-hybridized carbons (Fsp3) is 0. The van der Waals surface area contributed by atoms with Crippen molar-refractivity contribution in [3.63, 3.8) is 0 Å². The van der Waals surface area contributed by atoms with Gasteiger partial charge in [-0.3, -0.25) is 10.0 Å². The Morgan fingerprint density at radius 3 is 2.50 bits per heavy atom. The third kappa shape index (κ3) is 2.04. The second kappa shape index (κ2) is 4.50. The van der Waals surface area contributed by atoms with Crippen molar-refractivity contribution in [1.29, 1.82) is 0 Å². The van der Waals surface area contributed by atoms with Gasteiger partial charge in [-0.2, -0.15) is 10.2 Å². The Morgan fingerprint density at radius 1 is 1.19 bits per heavy atom. The zero-order valence-corrected chi connectivity index (χ0v) is 8.29. The van der Waals surface area contributed by atoms with Gasteiger partial charge in [-0.15, -0.1) is 0 Å². The predicted octanol–water partition coefficient (Wildman–Crippen LogP) is 1.26. The fourth-order valence-electron chi connectivity index (χ4n) is 1.31. The smallest absolute Gasteiger partial charge is 0.274 e. The van der Waals surface area contributed by atoms with E-state index in [4.69, 9.17) is 5.21 Å². The van der Waals surface area contributed by atoms with Crippen molar-refractivity contribution in [2.75, 3.05) is 0 Å². The van der Waals surface area contributed by atoms with E-state index in [1.165, 1.54) is 0 Å². The van der Waals surface area contributed by atoms with Gasteiger partial charge in [0.15, 0.2) is 0 Å². The highest BCUT2D eigenvalue weighted by molar-refractivity contribution is 5.93. The molecule has 0 saturated heterocycles. The first-order valence-corrected chi connectivity index (χ1v) is 4.64. The van der Waals surface area contributed by atoms with Gasteiger partial charge in [0.25, 0.3) is 5.91 Å². The molecular formula is C11H9N3O2. The maximum Gasteiger partial charge on any atom is 0.274 e. The molecule has 0 atom stereocenters. The number of benzene rings is 1. The van der Waals surface area contributed by atoms with E-state index in [9.17, 15) is 4.79 Å². The highest BCUT2D eigenvalue weighted by atomic mass is 16.5. The van der Waals surface area contributed by atoms with Crippen LogP contribution in [0.2, 0.25) is 0 Å². The second-order valence-corrected chi connectivity index (χ2v) is 3.13. The summed E-state index contributed by atoms with van der Waals surface area (Å²) in [4.78, 5) is 11.1. The molecule has 5 heteroatoms. The van der Waals surface area contributed by atoms with Crippen LogP contribution in [0.5, 0.6) is 0 Å². The molecule has 80 valence electrons. The molecule has 2 aromatic rings. The van der Waals surface area contributed by atoms with Gasteiger partial charge < -0.3 is 0 Å². The first-order valence-electron chi connectivity index (χ1n) is 4.64. The van der Waals surface area contributed by atoms with Crippen LogP contribution in [-0.2, 0) is 0 Å². The van der Waals surface area contributed by atoms with Crippen LogP contribution in [0, 0.1) is 0 Å². The number of amides is 1. The molecule has 1 aromatic carbocycles. The van der Waals surface area contributed by atoms with Crippen molar-refractivity contribution in [2.24, 2.45) is 0 Å². The van der Waals surface area contributed by atoms with E-state index in [2.05, 4.69) is 10.2 Å². The van der Waals surface area contributed by atoms with Crippen molar-refractivity contribution < 1.29 is 10.0 Å². The Morgan fingerprint density at radius 2 is 1.94 bits per heavy atom. The van der Waals surface area contributed by atoms with Crippen LogP contribution in [0.15, 0.2) is 42.6 Å². The first-order chi connectivity index (χ1) is 7.81. The molecule has 0 saturated carbocycles. The quantitative estimate of drug-likeness (QED) is 0.584. The number of hydrogen-bond donors (Lipinski definition) is 2. The summed E-state index contributed by atoms with van der Waals surface area (Å²) in [5.74, 6) is -0.536. The first kappa shape index (κ1) is 10.3. The second-order valence-electron chi connectivity index (χ2n) is 3.13. The molecule has 1 heterocycles. The van der Waals surface area contributed by atoms with Gasteiger partial charge in [0, 0.05) is 17.3 Å². The SMILES string of the molecule is O=C(NO)c1ccc(-c2cccnn2)cc1. The number of carbonyl (C=O) groups excluding carboxylic acids is 1. The van der Waals surface area contributed by atoms with Crippen LogP contribution in [0.25, 0.3) is 11.3 Å². The van der Waals surface area contributed by atoms with Crippen LogP contribution in [0.3, 0.4) is 0 Å². The summed E-state index contributed by atoms with van der Waals surface area (Å²) in [5.41, 5.74) is 3.56. The van der Waals surface area contributed by atoms with Crippen molar-refractivity contribution in [3.05, 3.63) is 48.2 Å². The number of aromatic nitrogens is 2. The summed E-state index contributed by atoms with van der Waals surface area (Å²) in [6, 6.07) is 10.3. The molecule has 16 heavy (non-hydrogen) atoms. The van der Waals surface area contributed by atoms with Crippen molar-refractivity contribution in [2.45, 2.75) is 0 Å². The highest BCUT2D eigenvalue weighted by Crippen LogP contribution is 2.15. The molecule has 0 unspecified atom stereocenters. The molecule has 0 fully saturated rings. The van der Waals surface area contributed by atoms with Gasteiger partial charge in [0.2, 0.25) is 0 Å². The Hall–Kier alpha value is -2.27. The van der Waals surface area contributed by atoms with Crippen LogP contribution < -0.4 is 5.48 Å². The number of rotatable bonds is 2.